The zero-order valence-corrected chi connectivity index (χ0v) is 21.0. The van der Waals surface area contributed by atoms with Crippen LogP contribution in [0.1, 0.15) is 31.4 Å². The molecular formula is C27H32N2O5S. The molecule has 3 atom stereocenters. The van der Waals surface area contributed by atoms with Crippen molar-refractivity contribution in [3.8, 4) is 5.75 Å². The molecule has 8 heteroatoms. The molecule has 2 fully saturated rings. The highest BCUT2D eigenvalue weighted by atomic mass is 32.2. The minimum Gasteiger partial charge on any atom is -0.494 e. The average molecular weight is 497 g/mol. The van der Waals surface area contributed by atoms with Crippen molar-refractivity contribution >= 4 is 29.0 Å². The summed E-state index contributed by atoms with van der Waals surface area (Å²) in [7, 11) is 0. The molecule has 0 aliphatic carbocycles. The van der Waals surface area contributed by atoms with Crippen molar-refractivity contribution in [2.24, 2.45) is 0 Å². The first kappa shape index (κ1) is 25.4. The minimum atomic E-state index is -0.355. The summed E-state index contributed by atoms with van der Waals surface area (Å²) in [4.78, 5) is 25.9. The van der Waals surface area contributed by atoms with Crippen LogP contribution in [0.2, 0.25) is 0 Å². The minimum absolute atomic E-state index is 0.000897. The highest BCUT2D eigenvalue weighted by Gasteiger charge is 2.42. The summed E-state index contributed by atoms with van der Waals surface area (Å²) < 4.78 is 18.3. The zero-order valence-electron chi connectivity index (χ0n) is 20.1. The maximum Gasteiger partial charge on any atom is 0.290 e. The van der Waals surface area contributed by atoms with Crippen molar-refractivity contribution in [2.75, 3.05) is 26.4 Å². The predicted molar refractivity (Wildman–Crippen MR) is 137 cm³/mol. The number of amides is 2. The first-order chi connectivity index (χ1) is 17.1. The molecule has 2 aliphatic heterocycles. The number of thioether (sulfide) groups is 1. The number of imide groups is 1. The van der Waals surface area contributed by atoms with Gasteiger partial charge >= 0.3 is 0 Å². The van der Waals surface area contributed by atoms with E-state index in [-0.39, 0.29) is 29.4 Å². The number of carbonyl (C=O) groups excluding carboxylic acids is 2. The van der Waals surface area contributed by atoms with E-state index < -0.39 is 0 Å². The Labute approximate surface area is 210 Å². The maximum atomic E-state index is 11.7. The molecule has 0 bridgehead atoms. The lowest BCUT2D eigenvalue weighted by atomic mass is 10.1. The molecule has 2 amide bonds. The number of carbonyl (C=O) groups is 2. The van der Waals surface area contributed by atoms with Crippen LogP contribution in [0.4, 0.5) is 4.79 Å². The van der Waals surface area contributed by atoms with E-state index in [0.717, 1.165) is 42.6 Å². The van der Waals surface area contributed by atoms with Gasteiger partial charge in [-0.25, -0.2) is 0 Å². The van der Waals surface area contributed by atoms with Crippen LogP contribution < -0.4 is 10.1 Å². The van der Waals surface area contributed by atoms with Crippen LogP contribution in [0.15, 0.2) is 59.5 Å². The first-order valence-corrected chi connectivity index (χ1v) is 12.9. The molecule has 2 aliphatic rings. The number of hydrogen-bond acceptors (Lipinski definition) is 7. The third-order valence-electron chi connectivity index (χ3n) is 6.10. The monoisotopic (exact) mass is 496 g/mol. The summed E-state index contributed by atoms with van der Waals surface area (Å²) in [6, 6.07) is 18.2. The quantitative estimate of drug-likeness (QED) is 0.460. The molecular weight excluding hydrogens is 464 g/mol. The molecule has 0 saturated carbocycles. The van der Waals surface area contributed by atoms with E-state index in [1.807, 2.05) is 44.2 Å². The predicted octanol–water partition coefficient (Wildman–Crippen LogP) is 4.47. The van der Waals surface area contributed by atoms with Crippen LogP contribution in [-0.2, 0) is 20.8 Å². The lowest BCUT2D eigenvalue weighted by Gasteiger charge is -2.28. The van der Waals surface area contributed by atoms with Gasteiger partial charge in [0.1, 0.15) is 11.9 Å². The summed E-state index contributed by atoms with van der Waals surface area (Å²) in [6.45, 7) is 7.57. The maximum absolute atomic E-state index is 11.7. The molecule has 0 aromatic heterocycles. The second-order valence-electron chi connectivity index (χ2n) is 8.45. The third-order valence-corrected chi connectivity index (χ3v) is 6.91. The van der Waals surface area contributed by atoms with Crippen molar-refractivity contribution in [1.29, 1.82) is 0 Å². The third kappa shape index (κ3) is 6.73. The Hall–Kier alpha value is -2.65. The summed E-state index contributed by atoms with van der Waals surface area (Å²) in [6.07, 6.45) is 2.55. The van der Waals surface area contributed by atoms with Gasteiger partial charge in [0.05, 0.1) is 17.6 Å². The Morgan fingerprint density at radius 1 is 1.03 bits per heavy atom. The summed E-state index contributed by atoms with van der Waals surface area (Å²) in [5.41, 5.74) is 2.11. The lowest BCUT2D eigenvalue weighted by Crippen LogP contribution is -2.39. The van der Waals surface area contributed by atoms with Gasteiger partial charge in [-0.05, 0) is 61.4 Å². The van der Waals surface area contributed by atoms with Gasteiger partial charge in [0.2, 0.25) is 0 Å². The number of benzene rings is 2. The standard InChI is InChI=1S/C27H32N2O5S/c1-3-32-23-18-29(17-20-8-6-5-7-9-20)22(25(23)33-4-2)14-15-34-21-12-10-19(11-13-21)16-24-26(30)28-27(31)35-24/h5-13,16,22-23,25H,3-4,14-15,17-18H2,1-2H3,(H,28,30,31)/b24-16-/t22?,23-,25+/m1/s1. The van der Waals surface area contributed by atoms with E-state index in [4.69, 9.17) is 14.2 Å². The van der Waals surface area contributed by atoms with E-state index in [1.165, 1.54) is 5.56 Å². The van der Waals surface area contributed by atoms with E-state index in [1.54, 1.807) is 6.08 Å². The Morgan fingerprint density at radius 3 is 2.43 bits per heavy atom. The Balaban J connectivity index is 1.38. The highest BCUT2D eigenvalue weighted by Crippen LogP contribution is 2.29. The molecule has 0 spiro atoms. The van der Waals surface area contributed by atoms with Gasteiger partial charge < -0.3 is 14.2 Å². The Bertz CT molecular complexity index is 1030. The van der Waals surface area contributed by atoms with Gasteiger partial charge in [0, 0.05) is 32.3 Å². The van der Waals surface area contributed by atoms with Crippen LogP contribution in [0, 0.1) is 0 Å². The molecule has 0 radical (unpaired) electrons. The van der Waals surface area contributed by atoms with E-state index in [0.29, 0.717) is 24.7 Å². The number of likely N-dealkylation sites (tertiary alicyclic amines) is 1. The normalized spacial score (nSPS) is 23.7. The van der Waals surface area contributed by atoms with Crippen molar-refractivity contribution < 1.29 is 23.8 Å². The van der Waals surface area contributed by atoms with Crippen LogP contribution in [0.5, 0.6) is 5.75 Å². The molecule has 2 saturated heterocycles. The Morgan fingerprint density at radius 2 is 1.77 bits per heavy atom. The molecule has 35 heavy (non-hydrogen) atoms. The fourth-order valence-corrected chi connectivity index (χ4v) is 5.26. The van der Waals surface area contributed by atoms with Crippen molar-refractivity contribution in [1.82, 2.24) is 10.2 Å². The Kier molecular flexibility index (Phi) is 8.98. The molecule has 2 aromatic carbocycles. The van der Waals surface area contributed by atoms with Gasteiger partial charge in [-0.15, -0.1) is 0 Å². The van der Waals surface area contributed by atoms with Gasteiger partial charge in [-0.3, -0.25) is 19.8 Å². The molecule has 2 aromatic rings. The van der Waals surface area contributed by atoms with Crippen molar-refractivity contribution in [3.63, 3.8) is 0 Å². The summed E-state index contributed by atoms with van der Waals surface area (Å²) >= 11 is 0.912. The fraction of sp³-hybridized carbons (Fsp3) is 0.407. The van der Waals surface area contributed by atoms with E-state index >= 15 is 0 Å². The zero-order chi connectivity index (χ0) is 24.6. The van der Waals surface area contributed by atoms with Gasteiger partial charge in [-0.2, -0.15) is 0 Å². The fourth-order valence-electron chi connectivity index (χ4n) is 4.58. The molecule has 186 valence electrons. The lowest BCUT2D eigenvalue weighted by molar-refractivity contribution is -0.115. The molecule has 1 N–H and O–H groups in total. The number of hydrogen-bond donors (Lipinski definition) is 1. The molecule has 1 unspecified atom stereocenters. The average Bonchev–Trinajstić information content (AvgIpc) is 3.34. The second kappa shape index (κ2) is 12.4. The number of nitrogens with one attached hydrogen (secondary N) is 1. The number of rotatable bonds is 11. The van der Waals surface area contributed by atoms with Crippen LogP contribution >= 0.6 is 11.8 Å². The van der Waals surface area contributed by atoms with Gasteiger partial charge in [0.25, 0.3) is 11.1 Å². The highest BCUT2D eigenvalue weighted by molar-refractivity contribution is 8.18. The summed E-state index contributed by atoms with van der Waals surface area (Å²) in [5, 5.41) is 1.92. The number of nitrogens with zero attached hydrogens (tertiary/aromatic N) is 1. The van der Waals surface area contributed by atoms with Crippen molar-refractivity contribution in [2.45, 2.75) is 45.1 Å². The van der Waals surface area contributed by atoms with Crippen LogP contribution in [0.3, 0.4) is 0 Å². The van der Waals surface area contributed by atoms with Gasteiger partial charge in [0.15, 0.2) is 0 Å². The molecule has 2 heterocycles. The topological polar surface area (TPSA) is 77.1 Å². The number of ether oxygens (including phenoxy) is 3. The summed E-state index contributed by atoms with van der Waals surface area (Å²) in [5.74, 6) is 0.403. The first-order valence-electron chi connectivity index (χ1n) is 12.1. The largest absolute Gasteiger partial charge is 0.494 e. The van der Waals surface area contributed by atoms with E-state index in [9.17, 15) is 9.59 Å². The van der Waals surface area contributed by atoms with Crippen LogP contribution in [-0.4, -0.2) is 60.7 Å². The smallest absolute Gasteiger partial charge is 0.290 e. The SMILES string of the molecule is CCO[C@@H]1CN(Cc2ccccc2)C(CCOc2ccc(/C=C3\SC(=O)NC3=O)cc2)[C@@H]1OCC. The van der Waals surface area contributed by atoms with Crippen LogP contribution in [0.25, 0.3) is 6.08 Å². The van der Waals surface area contributed by atoms with Gasteiger partial charge in [-0.1, -0.05) is 42.5 Å². The molecule has 7 nitrogen and oxygen atoms in total. The molecule has 4 rings (SSSR count). The second-order valence-corrected chi connectivity index (χ2v) is 9.47. The van der Waals surface area contributed by atoms with E-state index in [2.05, 4.69) is 34.5 Å². The van der Waals surface area contributed by atoms with Crippen molar-refractivity contribution in [3.05, 3.63) is 70.6 Å².